The van der Waals surface area contributed by atoms with Gasteiger partial charge in [0.1, 0.15) is 30.4 Å². The lowest BCUT2D eigenvalue weighted by Crippen LogP contribution is -2.15. The van der Waals surface area contributed by atoms with Crippen LogP contribution in [0.1, 0.15) is 0 Å². The van der Waals surface area contributed by atoms with Crippen LogP contribution in [-0.2, 0) is 4.74 Å². The van der Waals surface area contributed by atoms with Gasteiger partial charge in [-0.15, -0.1) is 0 Å². The van der Waals surface area contributed by atoms with Gasteiger partial charge in [-0.25, -0.2) is 19.2 Å². The molecule has 0 fully saturated rings. The molecule has 0 saturated heterocycles. The van der Waals surface area contributed by atoms with E-state index in [1.165, 1.54) is 6.20 Å². The number of benzene rings is 1. The highest BCUT2D eigenvalue weighted by molar-refractivity contribution is 5.83. The van der Waals surface area contributed by atoms with Crippen LogP contribution < -0.4 is 10.1 Å². The van der Waals surface area contributed by atoms with E-state index >= 15 is 0 Å². The second kappa shape index (κ2) is 6.95. The van der Waals surface area contributed by atoms with Gasteiger partial charge >= 0.3 is 6.09 Å². The maximum atomic E-state index is 11.9. The quantitative estimate of drug-likeness (QED) is 0.771. The molecule has 1 amide bonds. The van der Waals surface area contributed by atoms with Gasteiger partial charge in [0.15, 0.2) is 5.58 Å². The van der Waals surface area contributed by atoms with Crippen molar-refractivity contribution in [2.24, 2.45) is 0 Å². The Balaban J connectivity index is 1.76. The maximum absolute atomic E-state index is 11.9. The summed E-state index contributed by atoms with van der Waals surface area (Å²) in [5, 5.41) is 2.39. The van der Waals surface area contributed by atoms with E-state index in [-0.39, 0.29) is 12.4 Å². The number of nitrogens with one attached hydrogen (secondary N) is 1. The fourth-order valence-electron chi connectivity index (χ4n) is 2.02. The minimum absolute atomic E-state index is 0.278. The summed E-state index contributed by atoms with van der Waals surface area (Å²) in [5.41, 5.74) is 1.94. The Hall–Kier alpha value is -3.16. The predicted molar refractivity (Wildman–Crippen MR) is 84.7 cm³/mol. The molecule has 0 radical (unpaired) electrons. The Morgan fingerprint density at radius 3 is 2.92 bits per heavy atom. The molecule has 7 nitrogen and oxygen atoms in total. The van der Waals surface area contributed by atoms with Crippen molar-refractivity contribution in [2.45, 2.75) is 0 Å². The lowest BCUT2D eigenvalue weighted by atomic mass is 10.3. The molecule has 0 aliphatic heterocycles. The van der Waals surface area contributed by atoms with Gasteiger partial charge in [0.2, 0.25) is 5.89 Å². The van der Waals surface area contributed by atoms with E-state index < -0.39 is 12.8 Å². The van der Waals surface area contributed by atoms with Crippen LogP contribution in [0.25, 0.3) is 22.6 Å². The number of halogens is 1. The summed E-state index contributed by atoms with van der Waals surface area (Å²) in [6.07, 6.45) is 0.744. The van der Waals surface area contributed by atoms with E-state index in [2.05, 4.69) is 20.0 Å². The van der Waals surface area contributed by atoms with Gasteiger partial charge in [0.05, 0.1) is 12.7 Å². The highest BCUT2D eigenvalue weighted by Gasteiger charge is 2.10. The number of oxazole rings is 1. The minimum Gasteiger partial charge on any atom is -0.497 e. The molecule has 0 spiro atoms. The fraction of sp³-hybridized carbons (Fsp3) is 0.188. The van der Waals surface area contributed by atoms with Gasteiger partial charge in [0, 0.05) is 12.3 Å². The first-order chi connectivity index (χ1) is 11.7. The van der Waals surface area contributed by atoms with Crippen molar-refractivity contribution in [1.29, 1.82) is 0 Å². The van der Waals surface area contributed by atoms with Crippen LogP contribution in [0.2, 0.25) is 0 Å². The van der Waals surface area contributed by atoms with Gasteiger partial charge in [0.25, 0.3) is 0 Å². The third-order valence-electron chi connectivity index (χ3n) is 3.15. The average molecular weight is 331 g/mol. The third kappa shape index (κ3) is 3.43. The lowest BCUT2D eigenvalue weighted by molar-refractivity contribution is 0.152. The number of nitrogens with zero attached hydrogens (tertiary/aromatic N) is 2. The zero-order valence-corrected chi connectivity index (χ0v) is 12.8. The predicted octanol–water partition coefficient (Wildman–Crippen LogP) is 3.42. The maximum Gasteiger partial charge on any atom is 0.412 e. The number of hydrogen-bond donors (Lipinski definition) is 1. The Morgan fingerprint density at radius 2 is 2.21 bits per heavy atom. The number of aromatic nitrogens is 2. The normalized spacial score (nSPS) is 10.6. The second-order valence-corrected chi connectivity index (χ2v) is 4.73. The van der Waals surface area contributed by atoms with Crippen LogP contribution in [0.3, 0.4) is 0 Å². The number of methoxy groups -OCH3 is 1. The van der Waals surface area contributed by atoms with Crippen LogP contribution in [-0.4, -0.2) is 36.5 Å². The van der Waals surface area contributed by atoms with E-state index in [1.807, 2.05) is 0 Å². The summed E-state index contributed by atoms with van der Waals surface area (Å²) in [5.74, 6) is 1.35. The summed E-state index contributed by atoms with van der Waals surface area (Å²) >= 11 is 0. The first kappa shape index (κ1) is 15.7. The topological polar surface area (TPSA) is 86.5 Å². The number of carbonyl (C=O) groups excluding carboxylic acids is 1. The zero-order valence-electron chi connectivity index (χ0n) is 12.8. The Labute approximate surface area is 136 Å². The number of fused-ring (bicyclic) bond motifs is 1. The molecule has 8 heteroatoms. The van der Waals surface area contributed by atoms with Crippen molar-refractivity contribution in [1.82, 2.24) is 9.97 Å². The number of hydrogen-bond acceptors (Lipinski definition) is 6. The van der Waals surface area contributed by atoms with Crippen molar-refractivity contribution < 1.29 is 23.1 Å². The van der Waals surface area contributed by atoms with Gasteiger partial charge in [-0.3, -0.25) is 5.32 Å². The molecular formula is C16H14FN3O4. The number of rotatable bonds is 5. The summed E-state index contributed by atoms with van der Waals surface area (Å²) in [7, 11) is 1.58. The molecule has 0 atom stereocenters. The Bertz CT molecular complexity index is 848. The molecule has 2 heterocycles. The Morgan fingerprint density at radius 1 is 1.33 bits per heavy atom. The largest absolute Gasteiger partial charge is 0.497 e. The van der Waals surface area contributed by atoms with Gasteiger partial charge in [-0.05, 0) is 24.3 Å². The van der Waals surface area contributed by atoms with Crippen LogP contribution in [0.5, 0.6) is 5.75 Å². The minimum atomic E-state index is -0.762. The summed E-state index contributed by atoms with van der Waals surface area (Å²) < 4.78 is 27.3. The molecule has 0 aliphatic rings. The highest BCUT2D eigenvalue weighted by atomic mass is 19.1. The van der Waals surface area contributed by atoms with Crippen molar-refractivity contribution in [3.63, 3.8) is 0 Å². The number of amides is 1. The van der Waals surface area contributed by atoms with E-state index in [1.54, 1.807) is 37.4 Å². The molecule has 0 bridgehead atoms. The van der Waals surface area contributed by atoms with Crippen LogP contribution in [0.4, 0.5) is 15.0 Å². The molecule has 2 aromatic heterocycles. The fourth-order valence-corrected chi connectivity index (χ4v) is 2.02. The van der Waals surface area contributed by atoms with Gasteiger partial charge < -0.3 is 13.9 Å². The smallest absolute Gasteiger partial charge is 0.412 e. The summed E-state index contributed by atoms with van der Waals surface area (Å²) in [6, 6.07) is 8.60. The monoisotopic (exact) mass is 331 g/mol. The standard InChI is InChI=1S/C16H14FN3O4/c1-22-11-3-4-12-13(8-11)24-15(19-12)10-2-5-14(18-9-10)20-16(21)23-7-6-17/h2-5,8-9H,6-7H2,1H3,(H,18,20,21). The molecule has 0 aliphatic carbocycles. The molecule has 3 aromatic rings. The second-order valence-electron chi connectivity index (χ2n) is 4.73. The SMILES string of the molecule is COc1ccc2nc(-c3ccc(NC(=O)OCCF)nc3)oc2c1. The van der Waals surface area contributed by atoms with Crippen molar-refractivity contribution >= 4 is 23.0 Å². The van der Waals surface area contributed by atoms with Crippen LogP contribution in [0, 0.1) is 0 Å². The third-order valence-corrected chi connectivity index (χ3v) is 3.15. The van der Waals surface area contributed by atoms with Crippen molar-refractivity contribution in [3.8, 4) is 17.2 Å². The molecule has 124 valence electrons. The first-order valence-corrected chi connectivity index (χ1v) is 7.10. The summed E-state index contributed by atoms with van der Waals surface area (Å²) in [6.45, 7) is -1.03. The first-order valence-electron chi connectivity index (χ1n) is 7.10. The molecule has 1 aromatic carbocycles. The van der Waals surface area contributed by atoms with Crippen molar-refractivity contribution in [3.05, 3.63) is 36.5 Å². The van der Waals surface area contributed by atoms with E-state index in [4.69, 9.17) is 9.15 Å². The molecule has 0 unspecified atom stereocenters. The van der Waals surface area contributed by atoms with Crippen LogP contribution >= 0.6 is 0 Å². The highest BCUT2D eigenvalue weighted by Crippen LogP contribution is 2.27. The van der Waals surface area contributed by atoms with E-state index in [0.29, 0.717) is 28.3 Å². The number of anilines is 1. The summed E-state index contributed by atoms with van der Waals surface area (Å²) in [4.78, 5) is 19.8. The molecular weight excluding hydrogens is 317 g/mol. The molecule has 0 saturated carbocycles. The van der Waals surface area contributed by atoms with E-state index in [0.717, 1.165) is 0 Å². The molecule has 1 N–H and O–H groups in total. The number of alkyl halides is 1. The molecule has 24 heavy (non-hydrogen) atoms. The van der Waals surface area contributed by atoms with Gasteiger partial charge in [-0.1, -0.05) is 0 Å². The molecule has 3 rings (SSSR count). The van der Waals surface area contributed by atoms with Gasteiger partial charge in [-0.2, -0.15) is 0 Å². The van der Waals surface area contributed by atoms with Crippen LogP contribution in [0.15, 0.2) is 40.9 Å². The number of carbonyl (C=O) groups is 1. The number of pyridine rings is 1. The Kier molecular flexibility index (Phi) is 4.55. The number of ether oxygens (including phenoxy) is 2. The van der Waals surface area contributed by atoms with Crippen molar-refractivity contribution in [2.75, 3.05) is 25.7 Å². The lowest BCUT2D eigenvalue weighted by Gasteiger charge is -2.04. The average Bonchev–Trinajstić information content (AvgIpc) is 3.03. The zero-order chi connectivity index (χ0) is 16.9. The van der Waals surface area contributed by atoms with E-state index in [9.17, 15) is 9.18 Å².